The van der Waals surface area contributed by atoms with Gasteiger partial charge in [-0.25, -0.2) is 4.98 Å². The lowest BCUT2D eigenvalue weighted by Crippen LogP contribution is -2.34. The Kier molecular flexibility index (Phi) is 3.50. The Morgan fingerprint density at radius 1 is 1.26 bits per heavy atom. The van der Waals surface area contributed by atoms with Gasteiger partial charge in [0, 0.05) is 25.5 Å². The van der Waals surface area contributed by atoms with Crippen molar-refractivity contribution in [3.63, 3.8) is 0 Å². The molecule has 1 amide bonds. The highest BCUT2D eigenvalue weighted by Crippen LogP contribution is 2.38. The predicted octanol–water partition coefficient (Wildman–Crippen LogP) is 1.67. The molecule has 3 rings (SSSR count). The van der Waals surface area contributed by atoms with Crippen LogP contribution in [0.15, 0.2) is 30.6 Å². The van der Waals surface area contributed by atoms with E-state index in [2.05, 4.69) is 4.98 Å². The average Bonchev–Trinajstić information content (AvgIpc) is 3.10. The van der Waals surface area contributed by atoms with Gasteiger partial charge in [-0.05, 0) is 12.1 Å². The van der Waals surface area contributed by atoms with Gasteiger partial charge in [-0.3, -0.25) is 9.59 Å². The summed E-state index contributed by atoms with van der Waals surface area (Å²) in [6, 6.07) is 5.09. The van der Waals surface area contributed by atoms with Gasteiger partial charge in [0.05, 0.1) is 11.8 Å². The first-order chi connectivity index (χ1) is 10.8. The van der Waals surface area contributed by atoms with Crippen molar-refractivity contribution in [2.24, 2.45) is 11.8 Å². The molecule has 3 heterocycles. The van der Waals surface area contributed by atoms with Crippen LogP contribution in [0.25, 0.3) is 5.65 Å². The molecule has 2 atom stereocenters. The molecule has 0 radical (unpaired) electrons. The van der Waals surface area contributed by atoms with Crippen molar-refractivity contribution in [3.05, 3.63) is 36.3 Å². The van der Waals surface area contributed by atoms with Crippen LogP contribution in [-0.2, 0) is 4.79 Å². The van der Waals surface area contributed by atoms with Crippen molar-refractivity contribution in [2.75, 3.05) is 13.1 Å². The van der Waals surface area contributed by atoms with Crippen molar-refractivity contribution in [3.8, 4) is 0 Å². The Balaban J connectivity index is 1.86. The van der Waals surface area contributed by atoms with Crippen LogP contribution >= 0.6 is 0 Å². The van der Waals surface area contributed by atoms with Crippen molar-refractivity contribution in [1.82, 2.24) is 14.3 Å². The standard InChI is InChI=1S/C14H12F3N3O3/c15-14(16,17)9-6-20(5-8(9)13(22)23)12(21)10-7-19-4-2-1-3-11(19)18-10/h1-4,7-9H,5-6H2,(H,22,23)/t8-,9-/m1/s1. The molecule has 1 fully saturated rings. The molecule has 1 saturated heterocycles. The molecule has 0 aliphatic carbocycles. The van der Waals surface area contributed by atoms with Crippen LogP contribution < -0.4 is 0 Å². The number of imidazole rings is 1. The maximum absolute atomic E-state index is 13.0. The molecule has 0 saturated carbocycles. The number of halogens is 3. The Labute approximate surface area is 128 Å². The van der Waals surface area contributed by atoms with E-state index in [1.807, 2.05) is 0 Å². The van der Waals surface area contributed by atoms with Gasteiger partial charge in [0.15, 0.2) is 0 Å². The number of amides is 1. The molecule has 0 unspecified atom stereocenters. The summed E-state index contributed by atoms with van der Waals surface area (Å²) in [5.41, 5.74) is 0.473. The summed E-state index contributed by atoms with van der Waals surface area (Å²) < 4.78 is 40.4. The quantitative estimate of drug-likeness (QED) is 0.910. The Hall–Kier alpha value is -2.58. The summed E-state index contributed by atoms with van der Waals surface area (Å²) in [6.07, 6.45) is -1.60. The number of pyridine rings is 1. The van der Waals surface area contributed by atoms with E-state index in [1.165, 1.54) is 6.20 Å². The number of hydrogen-bond acceptors (Lipinski definition) is 3. The molecule has 0 bridgehead atoms. The molecule has 6 nitrogen and oxygen atoms in total. The second-order valence-electron chi connectivity index (χ2n) is 5.40. The second-order valence-corrected chi connectivity index (χ2v) is 5.40. The SMILES string of the molecule is O=C(O)[C@@H]1CN(C(=O)c2cn3ccccc3n2)C[C@H]1C(F)(F)F. The van der Waals surface area contributed by atoms with E-state index < -0.39 is 43.0 Å². The van der Waals surface area contributed by atoms with Gasteiger partial charge in [-0.1, -0.05) is 6.07 Å². The molecule has 0 spiro atoms. The number of carboxylic acid groups (broad SMARTS) is 1. The number of likely N-dealkylation sites (tertiary alicyclic amines) is 1. The summed E-state index contributed by atoms with van der Waals surface area (Å²) in [6.45, 7) is -1.15. The van der Waals surface area contributed by atoms with Crippen molar-refractivity contribution in [2.45, 2.75) is 6.18 Å². The first-order valence-electron chi connectivity index (χ1n) is 6.80. The van der Waals surface area contributed by atoms with Crippen LogP contribution in [0.5, 0.6) is 0 Å². The van der Waals surface area contributed by atoms with Crippen molar-refractivity contribution >= 4 is 17.5 Å². The van der Waals surface area contributed by atoms with E-state index in [4.69, 9.17) is 5.11 Å². The zero-order valence-electron chi connectivity index (χ0n) is 11.7. The first kappa shape index (κ1) is 15.3. The minimum Gasteiger partial charge on any atom is -0.481 e. The van der Waals surface area contributed by atoms with Gasteiger partial charge in [-0.2, -0.15) is 13.2 Å². The van der Waals surface area contributed by atoms with Crippen LogP contribution in [0.1, 0.15) is 10.5 Å². The molecule has 1 N–H and O–H groups in total. The number of fused-ring (bicyclic) bond motifs is 1. The molecule has 0 aromatic carbocycles. The third kappa shape index (κ3) is 2.73. The number of carbonyl (C=O) groups excluding carboxylic acids is 1. The van der Waals surface area contributed by atoms with Gasteiger partial charge in [0.25, 0.3) is 5.91 Å². The summed E-state index contributed by atoms with van der Waals surface area (Å²) in [4.78, 5) is 28.4. The fraction of sp³-hybridized carbons (Fsp3) is 0.357. The molecule has 9 heteroatoms. The van der Waals surface area contributed by atoms with Gasteiger partial charge < -0.3 is 14.4 Å². The Morgan fingerprint density at radius 2 is 2.00 bits per heavy atom. The zero-order chi connectivity index (χ0) is 16.8. The summed E-state index contributed by atoms with van der Waals surface area (Å²) in [5, 5.41) is 8.97. The van der Waals surface area contributed by atoms with Gasteiger partial charge >= 0.3 is 12.1 Å². The number of carboxylic acids is 1. The molecule has 122 valence electrons. The van der Waals surface area contributed by atoms with E-state index >= 15 is 0 Å². The molecular formula is C14H12F3N3O3. The van der Waals surface area contributed by atoms with Crippen LogP contribution in [0.3, 0.4) is 0 Å². The number of aromatic nitrogens is 2. The number of hydrogen-bond donors (Lipinski definition) is 1. The highest BCUT2D eigenvalue weighted by atomic mass is 19.4. The minimum atomic E-state index is -4.67. The summed E-state index contributed by atoms with van der Waals surface area (Å²) >= 11 is 0. The van der Waals surface area contributed by atoms with Gasteiger partial charge in [-0.15, -0.1) is 0 Å². The lowest BCUT2D eigenvalue weighted by molar-refractivity contribution is -0.187. The number of aliphatic carboxylic acids is 1. The largest absolute Gasteiger partial charge is 0.481 e. The van der Waals surface area contributed by atoms with E-state index in [0.717, 1.165) is 4.90 Å². The zero-order valence-corrected chi connectivity index (χ0v) is 11.7. The maximum Gasteiger partial charge on any atom is 0.394 e. The van der Waals surface area contributed by atoms with Crippen LogP contribution in [0, 0.1) is 11.8 Å². The van der Waals surface area contributed by atoms with Crippen LogP contribution in [0.2, 0.25) is 0 Å². The molecular weight excluding hydrogens is 315 g/mol. The Morgan fingerprint density at radius 3 is 2.57 bits per heavy atom. The molecule has 23 heavy (non-hydrogen) atoms. The number of carbonyl (C=O) groups is 2. The topological polar surface area (TPSA) is 74.9 Å². The highest BCUT2D eigenvalue weighted by molar-refractivity contribution is 5.93. The average molecular weight is 327 g/mol. The highest BCUT2D eigenvalue weighted by Gasteiger charge is 2.53. The maximum atomic E-state index is 13.0. The van der Waals surface area contributed by atoms with Crippen molar-refractivity contribution < 1.29 is 27.9 Å². The van der Waals surface area contributed by atoms with Crippen molar-refractivity contribution in [1.29, 1.82) is 0 Å². The fourth-order valence-corrected chi connectivity index (χ4v) is 2.75. The Bertz CT molecular complexity index is 738. The summed E-state index contributed by atoms with van der Waals surface area (Å²) in [5.74, 6) is -5.98. The lowest BCUT2D eigenvalue weighted by atomic mass is 9.96. The monoisotopic (exact) mass is 327 g/mol. The third-order valence-electron chi connectivity index (χ3n) is 3.93. The minimum absolute atomic E-state index is 0.0110. The van der Waals surface area contributed by atoms with E-state index in [0.29, 0.717) is 5.65 Å². The smallest absolute Gasteiger partial charge is 0.394 e. The number of alkyl halides is 3. The third-order valence-corrected chi connectivity index (χ3v) is 3.93. The lowest BCUT2D eigenvalue weighted by Gasteiger charge is -2.17. The summed E-state index contributed by atoms with van der Waals surface area (Å²) in [7, 11) is 0. The van der Waals surface area contributed by atoms with Crippen LogP contribution in [-0.4, -0.2) is 50.5 Å². The fourth-order valence-electron chi connectivity index (χ4n) is 2.75. The molecule has 2 aromatic rings. The van der Waals surface area contributed by atoms with E-state index in [9.17, 15) is 22.8 Å². The van der Waals surface area contributed by atoms with Crippen LogP contribution in [0.4, 0.5) is 13.2 Å². The van der Waals surface area contributed by atoms with Gasteiger partial charge in [0.1, 0.15) is 11.3 Å². The number of nitrogens with zero attached hydrogens (tertiary/aromatic N) is 3. The van der Waals surface area contributed by atoms with E-state index in [-0.39, 0.29) is 5.69 Å². The molecule has 1 aliphatic rings. The predicted molar refractivity (Wildman–Crippen MR) is 71.8 cm³/mol. The first-order valence-corrected chi connectivity index (χ1v) is 6.80. The van der Waals surface area contributed by atoms with E-state index in [1.54, 1.807) is 28.8 Å². The second kappa shape index (κ2) is 5.25. The molecule has 2 aromatic heterocycles. The number of rotatable bonds is 2. The normalized spacial score (nSPS) is 21.8. The molecule has 1 aliphatic heterocycles. The van der Waals surface area contributed by atoms with Gasteiger partial charge in [0.2, 0.25) is 0 Å².